The van der Waals surface area contributed by atoms with Crippen LogP contribution in [0.1, 0.15) is 37.3 Å². The van der Waals surface area contributed by atoms with E-state index in [0.29, 0.717) is 37.5 Å². The van der Waals surface area contributed by atoms with Crippen molar-refractivity contribution in [2.75, 3.05) is 31.6 Å². The van der Waals surface area contributed by atoms with E-state index in [0.717, 1.165) is 25.5 Å². The van der Waals surface area contributed by atoms with Crippen molar-refractivity contribution in [1.29, 1.82) is 5.26 Å². The molecule has 0 aliphatic carbocycles. The number of anilines is 1. The maximum Gasteiger partial charge on any atom is 0.387 e. The van der Waals surface area contributed by atoms with E-state index in [2.05, 4.69) is 31.2 Å². The first kappa shape index (κ1) is 25.1. The van der Waals surface area contributed by atoms with E-state index in [-0.39, 0.29) is 40.3 Å². The van der Waals surface area contributed by atoms with E-state index >= 15 is 0 Å². The average Bonchev–Trinajstić information content (AvgIpc) is 2.78. The lowest BCUT2D eigenvalue weighted by Gasteiger charge is -2.33. The van der Waals surface area contributed by atoms with E-state index in [4.69, 9.17) is 4.74 Å². The first-order valence-electron chi connectivity index (χ1n) is 11.0. The van der Waals surface area contributed by atoms with Crippen LogP contribution in [0.4, 0.5) is 14.6 Å². The number of nitriles is 1. The van der Waals surface area contributed by atoms with Gasteiger partial charge in [-0.2, -0.15) is 14.0 Å². The first-order valence-corrected chi connectivity index (χ1v) is 11.0. The molecule has 34 heavy (non-hydrogen) atoms. The summed E-state index contributed by atoms with van der Waals surface area (Å²) in [5.74, 6) is -0.388. The van der Waals surface area contributed by atoms with E-state index in [9.17, 15) is 23.9 Å². The van der Waals surface area contributed by atoms with Gasteiger partial charge in [-0.1, -0.05) is 0 Å². The third kappa shape index (κ3) is 6.51. The Morgan fingerprint density at radius 3 is 2.85 bits per heavy atom. The number of alkyl halides is 2. The normalized spacial score (nSPS) is 16.2. The van der Waals surface area contributed by atoms with Crippen LogP contribution in [0.15, 0.2) is 18.2 Å². The molecule has 0 amide bonds. The van der Waals surface area contributed by atoms with Gasteiger partial charge in [0.2, 0.25) is 0 Å². The molecule has 1 fully saturated rings. The highest BCUT2D eigenvalue weighted by Gasteiger charge is 2.23. The predicted molar refractivity (Wildman–Crippen MR) is 120 cm³/mol. The largest absolute Gasteiger partial charge is 0.507 e. The summed E-state index contributed by atoms with van der Waals surface area (Å²) in [5, 5.41) is 31.6. The number of benzene rings is 1. The molecule has 2 aromatic rings. The minimum absolute atomic E-state index is 0.0177. The molecule has 11 heteroatoms. The van der Waals surface area contributed by atoms with Gasteiger partial charge in [-0.3, -0.25) is 4.79 Å². The molecule has 0 spiro atoms. The zero-order valence-electron chi connectivity index (χ0n) is 19.1. The summed E-state index contributed by atoms with van der Waals surface area (Å²) in [6, 6.07) is 6.03. The summed E-state index contributed by atoms with van der Waals surface area (Å²) in [5.41, 5.74) is 1.19. The number of hydrogen-bond acceptors (Lipinski definition) is 9. The molecule has 1 atom stereocenters. The van der Waals surface area contributed by atoms with Gasteiger partial charge in [0.1, 0.15) is 17.6 Å². The van der Waals surface area contributed by atoms with Gasteiger partial charge in [-0.15, -0.1) is 10.2 Å². The predicted octanol–water partition coefficient (Wildman–Crippen LogP) is 3.46. The van der Waals surface area contributed by atoms with E-state index in [1.54, 1.807) is 13.8 Å². The minimum atomic E-state index is -3.01. The highest BCUT2D eigenvalue weighted by molar-refractivity contribution is 5.74. The number of halogens is 2. The van der Waals surface area contributed by atoms with Crippen molar-refractivity contribution in [3.05, 3.63) is 29.3 Å². The molecule has 1 aliphatic rings. The third-order valence-corrected chi connectivity index (χ3v) is 5.47. The van der Waals surface area contributed by atoms with Crippen LogP contribution in [-0.2, 0) is 9.53 Å². The number of likely N-dealkylation sites (tertiary alicyclic amines) is 1. The van der Waals surface area contributed by atoms with Crippen LogP contribution in [0.2, 0.25) is 0 Å². The second-order valence-corrected chi connectivity index (χ2v) is 7.96. The smallest absolute Gasteiger partial charge is 0.387 e. The number of esters is 1. The molecule has 1 unspecified atom stereocenters. The Labute approximate surface area is 196 Å². The molecule has 1 aromatic carbocycles. The quantitative estimate of drug-likeness (QED) is 0.525. The van der Waals surface area contributed by atoms with Crippen molar-refractivity contribution in [3.63, 3.8) is 0 Å². The molecule has 0 bridgehead atoms. The maximum absolute atomic E-state index is 12.5. The van der Waals surface area contributed by atoms with Gasteiger partial charge in [-0.05, 0) is 50.9 Å². The van der Waals surface area contributed by atoms with Gasteiger partial charge >= 0.3 is 12.6 Å². The molecule has 1 aromatic heterocycles. The monoisotopic (exact) mass is 475 g/mol. The highest BCUT2D eigenvalue weighted by Crippen LogP contribution is 2.36. The summed E-state index contributed by atoms with van der Waals surface area (Å²) < 4.78 is 34.3. The van der Waals surface area contributed by atoms with Crippen LogP contribution >= 0.6 is 0 Å². The number of phenols is 1. The lowest BCUT2D eigenvalue weighted by Crippen LogP contribution is -2.43. The van der Waals surface area contributed by atoms with Gasteiger partial charge in [0.05, 0.1) is 24.3 Å². The molecule has 0 saturated carbocycles. The van der Waals surface area contributed by atoms with Crippen molar-refractivity contribution in [3.8, 4) is 28.8 Å². The van der Waals surface area contributed by atoms with Gasteiger partial charge < -0.3 is 24.8 Å². The molecular formula is C23H27F2N5O4. The molecule has 3 rings (SSSR count). The summed E-state index contributed by atoms with van der Waals surface area (Å²) in [6.07, 6.45) is 2.12. The molecule has 182 valence electrons. The zero-order valence-corrected chi connectivity index (χ0v) is 19.1. The number of aryl methyl sites for hydroxylation is 1. The van der Waals surface area contributed by atoms with Crippen LogP contribution in [0.25, 0.3) is 11.3 Å². The van der Waals surface area contributed by atoms with E-state index < -0.39 is 6.61 Å². The van der Waals surface area contributed by atoms with Crippen molar-refractivity contribution in [2.24, 2.45) is 0 Å². The van der Waals surface area contributed by atoms with Crippen molar-refractivity contribution < 1.29 is 28.2 Å². The number of nitrogens with zero attached hydrogens (tertiary/aromatic N) is 4. The molecule has 1 saturated heterocycles. The van der Waals surface area contributed by atoms with Crippen LogP contribution in [-0.4, -0.2) is 65.1 Å². The maximum atomic E-state index is 12.5. The van der Waals surface area contributed by atoms with Crippen molar-refractivity contribution >= 4 is 11.8 Å². The fraction of sp³-hybridized carbons (Fsp3) is 0.478. The first-order chi connectivity index (χ1) is 16.3. The Morgan fingerprint density at radius 2 is 2.18 bits per heavy atom. The number of carbonyl (C=O) groups is 1. The van der Waals surface area contributed by atoms with E-state index in [1.165, 1.54) is 12.1 Å². The van der Waals surface area contributed by atoms with Crippen LogP contribution < -0.4 is 10.1 Å². The summed E-state index contributed by atoms with van der Waals surface area (Å²) in [6.45, 7) is 2.88. The fourth-order valence-corrected chi connectivity index (χ4v) is 4.00. The number of phenolic OH excluding ortho intramolecular Hbond substituents is 1. The second kappa shape index (κ2) is 11.6. The number of ether oxygens (including phenoxy) is 2. The fourth-order valence-electron chi connectivity index (χ4n) is 4.00. The number of rotatable bonds is 9. The Balaban J connectivity index is 1.72. The molecule has 9 nitrogen and oxygen atoms in total. The molecule has 0 radical (unpaired) electrons. The Hall–Kier alpha value is -3.52. The zero-order chi connectivity index (χ0) is 24.7. The van der Waals surface area contributed by atoms with Gasteiger partial charge in [0.25, 0.3) is 0 Å². The Kier molecular flexibility index (Phi) is 8.54. The van der Waals surface area contributed by atoms with Gasteiger partial charge in [-0.25, -0.2) is 0 Å². The lowest BCUT2D eigenvalue weighted by molar-refractivity contribution is -0.143. The molecule has 1 aliphatic heterocycles. The molecule has 2 N–H and O–H groups in total. The van der Waals surface area contributed by atoms with Crippen LogP contribution in [0.3, 0.4) is 0 Å². The van der Waals surface area contributed by atoms with Crippen molar-refractivity contribution in [2.45, 2.75) is 45.8 Å². The topological polar surface area (TPSA) is 121 Å². The number of piperidine rings is 1. The third-order valence-electron chi connectivity index (χ3n) is 5.47. The number of hydrogen-bond donors (Lipinski definition) is 2. The number of nitrogens with one attached hydrogen (secondary N) is 1. The van der Waals surface area contributed by atoms with Crippen molar-refractivity contribution in [1.82, 2.24) is 15.1 Å². The highest BCUT2D eigenvalue weighted by atomic mass is 19.3. The molecular weight excluding hydrogens is 448 g/mol. The lowest BCUT2D eigenvalue weighted by atomic mass is 10.0. The molecule has 2 heterocycles. The Morgan fingerprint density at radius 1 is 1.38 bits per heavy atom. The standard InChI is InChI=1S/C23H27F2N5O4/c1-3-33-20(32)6-8-30-7-4-5-16(13-30)27-22-15(12-26)10-18(28-29-22)21-14(2)9-17(11-19(21)31)34-23(24)25/h9-11,16,23,31H,3-8,13H2,1-2H3,(H,27,29). The van der Waals surface area contributed by atoms with Crippen LogP contribution in [0, 0.1) is 18.3 Å². The summed E-state index contributed by atoms with van der Waals surface area (Å²) in [7, 11) is 0. The summed E-state index contributed by atoms with van der Waals surface area (Å²) in [4.78, 5) is 13.8. The summed E-state index contributed by atoms with van der Waals surface area (Å²) >= 11 is 0. The second-order valence-electron chi connectivity index (χ2n) is 7.96. The van der Waals surface area contributed by atoms with E-state index in [1.807, 2.05) is 0 Å². The number of aromatic nitrogens is 2. The minimum Gasteiger partial charge on any atom is -0.507 e. The average molecular weight is 475 g/mol. The van der Waals surface area contributed by atoms with Gasteiger partial charge in [0, 0.05) is 30.8 Å². The Bertz CT molecular complexity index is 1040. The number of aromatic hydroxyl groups is 1. The number of carbonyl (C=O) groups excluding carboxylic acids is 1. The SMILES string of the molecule is CCOC(=O)CCN1CCCC(Nc2nnc(-c3c(C)cc(OC(F)F)cc3O)cc2C#N)C1. The van der Waals surface area contributed by atoms with Gasteiger partial charge in [0.15, 0.2) is 5.82 Å². The van der Waals surface area contributed by atoms with Crippen LogP contribution in [0.5, 0.6) is 11.5 Å².